The smallest absolute Gasteiger partial charge is 0.251 e. The van der Waals surface area contributed by atoms with E-state index < -0.39 is 0 Å². The molecule has 0 bridgehead atoms. The SMILES string of the molecule is CC(CCc1ccccc1)NC(=O)c1ccc(CN2CCCC2=O)cc1. The van der Waals surface area contributed by atoms with E-state index in [1.165, 1.54) is 5.56 Å². The highest BCUT2D eigenvalue weighted by molar-refractivity contribution is 5.94. The maximum atomic E-state index is 12.4. The van der Waals surface area contributed by atoms with Gasteiger partial charge in [-0.1, -0.05) is 42.5 Å². The van der Waals surface area contributed by atoms with E-state index in [1.54, 1.807) is 0 Å². The molecule has 1 aliphatic rings. The van der Waals surface area contributed by atoms with Crippen LogP contribution in [0.5, 0.6) is 0 Å². The molecule has 26 heavy (non-hydrogen) atoms. The first-order valence-electron chi connectivity index (χ1n) is 9.33. The van der Waals surface area contributed by atoms with Gasteiger partial charge < -0.3 is 10.2 Å². The first kappa shape index (κ1) is 18.2. The van der Waals surface area contributed by atoms with Crippen LogP contribution in [0.4, 0.5) is 0 Å². The highest BCUT2D eigenvalue weighted by Crippen LogP contribution is 2.15. The quantitative estimate of drug-likeness (QED) is 0.830. The summed E-state index contributed by atoms with van der Waals surface area (Å²) in [6.45, 7) is 3.50. The van der Waals surface area contributed by atoms with Gasteiger partial charge in [-0.3, -0.25) is 9.59 Å². The van der Waals surface area contributed by atoms with Crippen molar-refractivity contribution in [3.8, 4) is 0 Å². The maximum absolute atomic E-state index is 12.4. The third kappa shape index (κ3) is 4.94. The summed E-state index contributed by atoms with van der Waals surface area (Å²) in [6, 6.07) is 18.0. The first-order chi connectivity index (χ1) is 12.6. The summed E-state index contributed by atoms with van der Waals surface area (Å²) in [5, 5.41) is 3.06. The van der Waals surface area contributed by atoms with Crippen molar-refractivity contribution in [1.29, 1.82) is 0 Å². The van der Waals surface area contributed by atoms with Gasteiger partial charge in [-0.25, -0.2) is 0 Å². The molecular formula is C22H26N2O2. The van der Waals surface area contributed by atoms with E-state index in [2.05, 4.69) is 17.4 Å². The van der Waals surface area contributed by atoms with Crippen molar-refractivity contribution in [2.75, 3.05) is 6.54 Å². The van der Waals surface area contributed by atoms with Crippen LogP contribution in [0.3, 0.4) is 0 Å². The summed E-state index contributed by atoms with van der Waals surface area (Å²) < 4.78 is 0. The summed E-state index contributed by atoms with van der Waals surface area (Å²) in [7, 11) is 0. The molecule has 2 aromatic carbocycles. The lowest BCUT2D eigenvalue weighted by molar-refractivity contribution is -0.128. The summed E-state index contributed by atoms with van der Waals surface area (Å²) >= 11 is 0. The summed E-state index contributed by atoms with van der Waals surface area (Å²) in [6.07, 6.45) is 3.46. The standard InChI is InChI=1S/C22H26N2O2/c1-17(9-10-18-6-3-2-4-7-18)23-22(26)20-13-11-19(12-14-20)16-24-15-5-8-21(24)25/h2-4,6-7,11-14,17H,5,8-10,15-16H2,1H3,(H,23,26). The molecule has 1 heterocycles. The van der Waals surface area contributed by atoms with Gasteiger partial charge in [-0.05, 0) is 49.4 Å². The molecule has 1 unspecified atom stereocenters. The van der Waals surface area contributed by atoms with Crippen LogP contribution in [0, 0.1) is 0 Å². The Morgan fingerprint density at radius 3 is 2.46 bits per heavy atom. The topological polar surface area (TPSA) is 49.4 Å². The van der Waals surface area contributed by atoms with E-state index in [0.29, 0.717) is 18.5 Å². The predicted molar refractivity (Wildman–Crippen MR) is 103 cm³/mol. The fourth-order valence-corrected chi connectivity index (χ4v) is 3.26. The lowest BCUT2D eigenvalue weighted by Gasteiger charge is -2.16. The van der Waals surface area contributed by atoms with Gasteiger partial charge in [0.2, 0.25) is 5.91 Å². The van der Waals surface area contributed by atoms with Gasteiger partial charge in [0.05, 0.1) is 0 Å². The van der Waals surface area contributed by atoms with E-state index in [0.717, 1.165) is 31.4 Å². The van der Waals surface area contributed by atoms with Crippen LogP contribution in [0.25, 0.3) is 0 Å². The number of likely N-dealkylation sites (tertiary alicyclic amines) is 1. The molecule has 1 saturated heterocycles. The molecule has 3 rings (SSSR count). The van der Waals surface area contributed by atoms with Gasteiger partial charge >= 0.3 is 0 Å². The van der Waals surface area contributed by atoms with Gasteiger partial charge in [0.15, 0.2) is 0 Å². The molecule has 2 amide bonds. The van der Waals surface area contributed by atoms with Crippen molar-refractivity contribution in [3.63, 3.8) is 0 Å². The number of nitrogens with one attached hydrogen (secondary N) is 1. The molecule has 2 aromatic rings. The number of rotatable bonds is 7. The van der Waals surface area contributed by atoms with Crippen LogP contribution in [0.1, 0.15) is 47.7 Å². The monoisotopic (exact) mass is 350 g/mol. The largest absolute Gasteiger partial charge is 0.350 e. The number of benzene rings is 2. The Morgan fingerprint density at radius 2 is 1.81 bits per heavy atom. The third-order valence-corrected chi connectivity index (χ3v) is 4.85. The number of nitrogens with zero attached hydrogens (tertiary/aromatic N) is 1. The van der Waals surface area contributed by atoms with Crippen LogP contribution in [0.2, 0.25) is 0 Å². The minimum atomic E-state index is -0.0469. The van der Waals surface area contributed by atoms with Crippen molar-refractivity contribution < 1.29 is 9.59 Å². The van der Waals surface area contributed by atoms with E-state index in [1.807, 2.05) is 54.3 Å². The number of carbonyl (C=O) groups is 2. The molecule has 1 aliphatic heterocycles. The van der Waals surface area contributed by atoms with Gasteiger partial charge in [-0.2, -0.15) is 0 Å². The van der Waals surface area contributed by atoms with Crippen molar-refractivity contribution in [3.05, 3.63) is 71.3 Å². The lowest BCUT2D eigenvalue weighted by Crippen LogP contribution is -2.32. The molecular weight excluding hydrogens is 324 g/mol. The molecule has 0 aliphatic carbocycles. The second-order valence-electron chi connectivity index (χ2n) is 7.01. The zero-order valence-corrected chi connectivity index (χ0v) is 15.3. The van der Waals surface area contributed by atoms with E-state index in [9.17, 15) is 9.59 Å². The molecule has 0 saturated carbocycles. The number of hydrogen-bond donors (Lipinski definition) is 1. The van der Waals surface area contributed by atoms with Gasteiger partial charge in [-0.15, -0.1) is 0 Å². The minimum absolute atomic E-state index is 0.0469. The molecule has 1 atom stereocenters. The summed E-state index contributed by atoms with van der Waals surface area (Å²) in [4.78, 5) is 26.0. The van der Waals surface area contributed by atoms with Gasteiger partial charge in [0.1, 0.15) is 0 Å². The average Bonchev–Trinajstić information content (AvgIpc) is 3.06. The Bertz CT molecular complexity index is 740. The number of amides is 2. The average molecular weight is 350 g/mol. The van der Waals surface area contributed by atoms with Crippen LogP contribution in [-0.2, 0) is 17.8 Å². The minimum Gasteiger partial charge on any atom is -0.350 e. The van der Waals surface area contributed by atoms with Crippen LogP contribution < -0.4 is 5.32 Å². The number of carbonyl (C=O) groups excluding carboxylic acids is 2. The molecule has 1 fully saturated rings. The molecule has 4 nitrogen and oxygen atoms in total. The fourth-order valence-electron chi connectivity index (χ4n) is 3.26. The second kappa shape index (κ2) is 8.65. The molecule has 1 N–H and O–H groups in total. The second-order valence-corrected chi connectivity index (χ2v) is 7.01. The van der Waals surface area contributed by atoms with Crippen molar-refractivity contribution in [2.45, 2.75) is 45.2 Å². The zero-order valence-electron chi connectivity index (χ0n) is 15.3. The Balaban J connectivity index is 1.48. The van der Waals surface area contributed by atoms with Crippen LogP contribution >= 0.6 is 0 Å². The van der Waals surface area contributed by atoms with Crippen LogP contribution in [0.15, 0.2) is 54.6 Å². The zero-order chi connectivity index (χ0) is 18.4. The van der Waals surface area contributed by atoms with E-state index in [4.69, 9.17) is 0 Å². The van der Waals surface area contributed by atoms with Crippen LogP contribution in [-0.4, -0.2) is 29.3 Å². The maximum Gasteiger partial charge on any atom is 0.251 e. The van der Waals surface area contributed by atoms with E-state index in [-0.39, 0.29) is 17.9 Å². The van der Waals surface area contributed by atoms with Gasteiger partial charge in [0, 0.05) is 31.1 Å². The Hall–Kier alpha value is -2.62. The van der Waals surface area contributed by atoms with Gasteiger partial charge in [0.25, 0.3) is 5.91 Å². The summed E-state index contributed by atoms with van der Waals surface area (Å²) in [5.74, 6) is 0.174. The lowest BCUT2D eigenvalue weighted by atomic mass is 10.1. The van der Waals surface area contributed by atoms with E-state index >= 15 is 0 Å². The van der Waals surface area contributed by atoms with Crippen molar-refractivity contribution in [2.24, 2.45) is 0 Å². The normalized spacial score (nSPS) is 15.1. The third-order valence-electron chi connectivity index (χ3n) is 4.85. The Labute approximate surface area is 155 Å². The molecule has 0 radical (unpaired) electrons. The Morgan fingerprint density at radius 1 is 1.08 bits per heavy atom. The first-order valence-corrected chi connectivity index (χ1v) is 9.33. The molecule has 0 spiro atoms. The highest BCUT2D eigenvalue weighted by atomic mass is 16.2. The summed E-state index contributed by atoms with van der Waals surface area (Å²) in [5.41, 5.74) is 3.01. The molecule has 0 aromatic heterocycles. The number of aryl methyl sites for hydroxylation is 1. The van der Waals surface area contributed by atoms with Crippen molar-refractivity contribution in [1.82, 2.24) is 10.2 Å². The Kier molecular flexibility index (Phi) is 6.05. The fraction of sp³-hybridized carbons (Fsp3) is 0.364. The molecule has 4 heteroatoms. The predicted octanol–water partition coefficient (Wildman–Crippen LogP) is 3.56. The number of hydrogen-bond acceptors (Lipinski definition) is 2. The highest BCUT2D eigenvalue weighted by Gasteiger charge is 2.20. The van der Waals surface area contributed by atoms with Crippen molar-refractivity contribution >= 4 is 11.8 Å². The molecule has 136 valence electrons.